The first kappa shape index (κ1) is 14.1. The maximum atomic E-state index is 5.64. The van der Waals surface area contributed by atoms with Crippen molar-refractivity contribution >= 4 is 11.6 Å². The van der Waals surface area contributed by atoms with Crippen molar-refractivity contribution in [1.82, 2.24) is 9.97 Å². The van der Waals surface area contributed by atoms with Crippen molar-refractivity contribution in [2.75, 3.05) is 10.6 Å². The van der Waals surface area contributed by atoms with Gasteiger partial charge in [0, 0.05) is 13.1 Å². The average Bonchev–Trinajstić information content (AvgIpc) is 2.57. The lowest BCUT2D eigenvalue weighted by Gasteiger charge is -2.23. The third-order valence-corrected chi connectivity index (χ3v) is 3.41. The number of nitrogens with two attached hydrogens (primary N) is 1. The maximum Gasteiger partial charge on any atom is 0.147 e. The minimum absolute atomic E-state index is 0.433. The third kappa shape index (κ3) is 3.61. The standard InChI is InChI=1S/C18H18N4/c19-17-11-21-18(12-20-17)22(13-15-7-3-1-4-8-15)14-16-9-5-2-6-10-16/h1-12H,13-14H2,(H2,19,20). The van der Waals surface area contributed by atoms with Crippen molar-refractivity contribution in [1.29, 1.82) is 0 Å². The molecule has 2 N–H and O–H groups in total. The molecule has 0 fully saturated rings. The summed E-state index contributed by atoms with van der Waals surface area (Å²) in [7, 11) is 0. The van der Waals surface area contributed by atoms with E-state index in [0.29, 0.717) is 5.82 Å². The molecular weight excluding hydrogens is 272 g/mol. The summed E-state index contributed by atoms with van der Waals surface area (Å²) in [6.07, 6.45) is 3.32. The van der Waals surface area contributed by atoms with E-state index in [4.69, 9.17) is 5.73 Å². The summed E-state index contributed by atoms with van der Waals surface area (Å²) < 4.78 is 0. The molecule has 0 amide bonds. The molecule has 1 aromatic heterocycles. The molecule has 0 saturated heterocycles. The van der Waals surface area contributed by atoms with E-state index in [1.54, 1.807) is 12.4 Å². The van der Waals surface area contributed by atoms with Crippen LogP contribution in [-0.4, -0.2) is 9.97 Å². The molecule has 3 rings (SSSR count). The van der Waals surface area contributed by atoms with Crippen molar-refractivity contribution in [2.24, 2.45) is 0 Å². The van der Waals surface area contributed by atoms with E-state index in [1.807, 2.05) is 36.4 Å². The zero-order chi connectivity index (χ0) is 15.2. The molecule has 3 aromatic rings. The molecule has 22 heavy (non-hydrogen) atoms. The molecule has 0 radical (unpaired) electrons. The summed E-state index contributed by atoms with van der Waals surface area (Å²) in [5, 5.41) is 0. The largest absolute Gasteiger partial charge is 0.382 e. The van der Waals surface area contributed by atoms with E-state index < -0.39 is 0 Å². The molecule has 0 aliphatic carbocycles. The van der Waals surface area contributed by atoms with Crippen LogP contribution in [0.1, 0.15) is 11.1 Å². The Morgan fingerprint density at radius 1 is 0.727 bits per heavy atom. The average molecular weight is 290 g/mol. The van der Waals surface area contributed by atoms with Gasteiger partial charge in [-0.3, -0.25) is 0 Å². The summed E-state index contributed by atoms with van der Waals surface area (Å²) >= 11 is 0. The number of aromatic nitrogens is 2. The van der Waals surface area contributed by atoms with Crippen LogP contribution in [0, 0.1) is 0 Å². The highest BCUT2D eigenvalue weighted by Gasteiger charge is 2.10. The molecular formula is C18H18N4. The summed E-state index contributed by atoms with van der Waals surface area (Å²) in [6.45, 7) is 1.54. The van der Waals surface area contributed by atoms with Crippen molar-refractivity contribution in [3.05, 3.63) is 84.2 Å². The molecule has 0 atom stereocenters. The van der Waals surface area contributed by atoms with Gasteiger partial charge in [0.1, 0.15) is 11.6 Å². The van der Waals surface area contributed by atoms with Gasteiger partial charge in [-0.15, -0.1) is 0 Å². The first-order valence-corrected chi connectivity index (χ1v) is 7.21. The highest BCUT2D eigenvalue weighted by atomic mass is 15.2. The molecule has 0 aliphatic heterocycles. The van der Waals surface area contributed by atoms with Crippen LogP contribution < -0.4 is 10.6 Å². The van der Waals surface area contributed by atoms with Crippen molar-refractivity contribution < 1.29 is 0 Å². The summed E-state index contributed by atoms with van der Waals surface area (Å²) in [5.74, 6) is 1.25. The Labute approximate surface area is 130 Å². The number of anilines is 2. The molecule has 4 nitrogen and oxygen atoms in total. The van der Waals surface area contributed by atoms with E-state index in [0.717, 1.165) is 18.9 Å². The van der Waals surface area contributed by atoms with Crippen LogP contribution in [0.2, 0.25) is 0 Å². The zero-order valence-electron chi connectivity index (χ0n) is 12.3. The molecule has 110 valence electrons. The summed E-state index contributed by atoms with van der Waals surface area (Å²) in [5.41, 5.74) is 8.11. The third-order valence-electron chi connectivity index (χ3n) is 3.41. The van der Waals surface area contributed by atoms with Crippen LogP contribution in [0.25, 0.3) is 0 Å². The lowest BCUT2D eigenvalue weighted by molar-refractivity contribution is 0.780. The van der Waals surface area contributed by atoms with Gasteiger partial charge in [0.05, 0.1) is 12.4 Å². The van der Waals surface area contributed by atoms with Gasteiger partial charge < -0.3 is 10.6 Å². The predicted molar refractivity (Wildman–Crippen MR) is 89.2 cm³/mol. The van der Waals surface area contributed by atoms with Crippen LogP contribution >= 0.6 is 0 Å². The topological polar surface area (TPSA) is 55.0 Å². The van der Waals surface area contributed by atoms with Crippen molar-refractivity contribution in [2.45, 2.75) is 13.1 Å². The van der Waals surface area contributed by atoms with Gasteiger partial charge >= 0.3 is 0 Å². The van der Waals surface area contributed by atoms with E-state index in [9.17, 15) is 0 Å². The van der Waals surface area contributed by atoms with E-state index in [2.05, 4.69) is 39.1 Å². The Balaban J connectivity index is 1.86. The van der Waals surface area contributed by atoms with E-state index in [1.165, 1.54) is 11.1 Å². The lowest BCUT2D eigenvalue weighted by atomic mass is 10.1. The second-order valence-corrected chi connectivity index (χ2v) is 5.13. The molecule has 1 heterocycles. The smallest absolute Gasteiger partial charge is 0.147 e. The molecule has 4 heteroatoms. The van der Waals surface area contributed by atoms with E-state index in [-0.39, 0.29) is 0 Å². The van der Waals surface area contributed by atoms with Crippen LogP contribution in [0.3, 0.4) is 0 Å². The normalized spacial score (nSPS) is 10.4. The van der Waals surface area contributed by atoms with Crippen LogP contribution in [0.15, 0.2) is 73.1 Å². The Kier molecular flexibility index (Phi) is 4.30. The van der Waals surface area contributed by atoms with Gasteiger partial charge in [-0.1, -0.05) is 60.7 Å². The summed E-state index contributed by atoms with van der Waals surface area (Å²) in [4.78, 5) is 10.8. The monoisotopic (exact) mass is 290 g/mol. The summed E-state index contributed by atoms with van der Waals surface area (Å²) in [6, 6.07) is 20.7. The number of nitrogens with zero attached hydrogens (tertiary/aromatic N) is 3. The Bertz CT molecular complexity index is 655. The van der Waals surface area contributed by atoms with Crippen LogP contribution in [0.5, 0.6) is 0 Å². The van der Waals surface area contributed by atoms with Crippen molar-refractivity contribution in [3.63, 3.8) is 0 Å². The fraction of sp³-hybridized carbons (Fsp3) is 0.111. The SMILES string of the molecule is Nc1cnc(N(Cc2ccccc2)Cc2ccccc2)cn1. The number of hydrogen-bond donors (Lipinski definition) is 1. The minimum Gasteiger partial charge on any atom is -0.382 e. The second-order valence-electron chi connectivity index (χ2n) is 5.13. The molecule has 0 aliphatic rings. The highest BCUT2D eigenvalue weighted by molar-refractivity contribution is 5.41. The molecule has 0 saturated carbocycles. The van der Waals surface area contributed by atoms with Gasteiger partial charge in [0.25, 0.3) is 0 Å². The van der Waals surface area contributed by atoms with Gasteiger partial charge in [0.15, 0.2) is 0 Å². The molecule has 0 unspecified atom stereocenters. The predicted octanol–water partition coefficient (Wildman–Crippen LogP) is 3.27. The first-order valence-electron chi connectivity index (χ1n) is 7.21. The van der Waals surface area contributed by atoms with Gasteiger partial charge in [-0.05, 0) is 11.1 Å². The Hall–Kier alpha value is -2.88. The fourth-order valence-corrected chi connectivity index (χ4v) is 2.32. The first-order chi connectivity index (χ1) is 10.8. The number of hydrogen-bond acceptors (Lipinski definition) is 4. The van der Waals surface area contributed by atoms with Crippen LogP contribution in [-0.2, 0) is 13.1 Å². The number of nitrogen functional groups attached to an aromatic ring is 1. The van der Waals surface area contributed by atoms with Crippen LogP contribution in [0.4, 0.5) is 11.6 Å². The minimum atomic E-state index is 0.433. The number of benzene rings is 2. The van der Waals surface area contributed by atoms with Gasteiger partial charge in [-0.2, -0.15) is 0 Å². The highest BCUT2D eigenvalue weighted by Crippen LogP contribution is 2.17. The van der Waals surface area contributed by atoms with Gasteiger partial charge in [-0.25, -0.2) is 9.97 Å². The van der Waals surface area contributed by atoms with E-state index >= 15 is 0 Å². The Morgan fingerprint density at radius 2 is 1.27 bits per heavy atom. The quantitative estimate of drug-likeness (QED) is 0.783. The second kappa shape index (κ2) is 6.72. The van der Waals surface area contributed by atoms with Gasteiger partial charge in [0.2, 0.25) is 0 Å². The Morgan fingerprint density at radius 3 is 1.73 bits per heavy atom. The maximum absolute atomic E-state index is 5.64. The fourth-order valence-electron chi connectivity index (χ4n) is 2.32. The number of rotatable bonds is 5. The molecule has 0 bridgehead atoms. The zero-order valence-corrected chi connectivity index (χ0v) is 12.3. The van der Waals surface area contributed by atoms with Crippen molar-refractivity contribution in [3.8, 4) is 0 Å². The molecule has 0 spiro atoms. The molecule has 2 aromatic carbocycles. The lowest BCUT2D eigenvalue weighted by Crippen LogP contribution is -2.23.